The number of carbonyl (C=O) groups excluding carboxylic acids is 2. The highest BCUT2D eigenvalue weighted by molar-refractivity contribution is 8.00. The van der Waals surface area contributed by atoms with Crippen molar-refractivity contribution in [3.05, 3.63) is 56.5 Å². The minimum absolute atomic E-state index is 0.0861. The van der Waals surface area contributed by atoms with E-state index in [4.69, 9.17) is 4.74 Å². The Hall–Kier alpha value is -3.47. The zero-order valence-corrected chi connectivity index (χ0v) is 20.1. The summed E-state index contributed by atoms with van der Waals surface area (Å²) < 4.78 is 7.03. The molecule has 3 aromatic rings. The highest BCUT2D eigenvalue weighted by atomic mass is 32.2. The van der Waals surface area contributed by atoms with Gasteiger partial charge in [0.1, 0.15) is 16.2 Å². The minimum Gasteiger partial charge on any atom is -0.465 e. The molecule has 0 radical (unpaired) electrons. The molecule has 1 N–H and O–H groups in total. The van der Waals surface area contributed by atoms with E-state index in [9.17, 15) is 19.2 Å². The van der Waals surface area contributed by atoms with Crippen LogP contribution in [0.3, 0.4) is 0 Å². The average Bonchev–Trinajstić information content (AvgIpc) is 2.78. The molecule has 0 saturated heterocycles. The monoisotopic (exact) mass is 471 g/mol. The van der Waals surface area contributed by atoms with Gasteiger partial charge in [0.15, 0.2) is 5.65 Å². The van der Waals surface area contributed by atoms with Gasteiger partial charge >= 0.3 is 11.7 Å². The van der Waals surface area contributed by atoms with Gasteiger partial charge in [-0.05, 0) is 12.1 Å². The van der Waals surface area contributed by atoms with Gasteiger partial charge in [-0.3, -0.25) is 18.7 Å². The first-order chi connectivity index (χ1) is 15.5. The molecule has 11 heteroatoms. The van der Waals surface area contributed by atoms with Gasteiger partial charge in [-0.25, -0.2) is 19.6 Å². The maximum absolute atomic E-state index is 12.9. The Morgan fingerprint density at radius 2 is 1.76 bits per heavy atom. The normalized spacial score (nSPS) is 11.5. The fourth-order valence-electron chi connectivity index (χ4n) is 3.07. The summed E-state index contributed by atoms with van der Waals surface area (Å²) in [7, 11) is 4.18. The molecule has 2 aromatic heterocycles. The summed E-state index contributed by atoms with van der Waals surface area (Å²) in [4.78, 5) is 58.9. The van der Waals surface area contributed by atoms with Crippen molar-refractivity contribution in [3.63, 3.8) is 0 Å². The molecule has 10 nitrogen and oxygen atoms in total. The molecular formula is C22H25N5O5S. The average molecular weight is 472 g/mol. The molecule has 2 heterocycles. The summed E-state index contributed by atoms with van der Waals surface area (Å²) in [6.07, 6.45) is 0. The van der Waals surface area contributed by atoms with Gasteiger partial charge in [0, 0.05) is 19.5 Å². The van der Waals surface area contributed by atoms with Crippen LogP contribution in [-0.4, -0.2) is 43.8 Å². The van der Waals surface area contributed by atoms with Crippen LogP contribution in [0.1, 0.15) is 37.0 Å². The van der Waals surface area contributed by atoms with E-state index in [0.717, 1.165) is 16.3 Å². The molecule has 0 aliphatic heterocycles. The Morgan fingerprint density at radius 1 is 1.09 bits per heavy atom. The predicted octanol–water partition coefficient (Wildman–Crippen LogP) is 1.84. The number of methoxy groups -OCH3 is 1. The Morgan fingerprint density at radius 3 is 2.39 bits per heavy atom. The zero-order chi connectivity index (χ0) is 24.5. The number of benzene rings is 1. The van der Waals surface area contributed by atoms with E-state index < -0.39 is 28.5 Å². The van der Waals surface area contributed by atoms with Crippen LogP contribution >= 0.6 is 11.8 Å². The van der Waals surface area contributed by atoms with E-state index in [-0.39, 0.29) is 22.3 Å². The molecule has 3 rings (SSSR count). The quantitative estimate of drug-likeness (QED) is 0.339. The van der Waals surface area contributed by atoms with Crippen LogP contribution in [0, 0.1) is 0 Å². The molecule has 0 fully saturated rings. The van der Waals surface area contributed by atoms with Gasteiger partial charge in [0.25, 0.3) is 5.56 Å². The van der Waals surface area contributed by atoms with Crippen molar-refractivity contribution < 1.29 is 14.3 Å². The fourth-order valence-corrected chi connectivity index (χ4v) is 3.88. The molecule has 1 aromatic carbocycles. The number of rotatable bonds is 5. The van der Waals surface area contributed by atoms with Crippen molar-refractivity contribution in [2.75, 3.05) is 18.2 Å². The molecule has 174 valence electrons. The van der Waals surface area contributed by atoms with Gasteiger partial charge in [0.2, 0.25) is 5.91 Å². The van der Waals surface area contributed by atoms with Gasteiger partial charge in [0.05, 0.1) is 24.1 Å². The summed E-state index contributed by atoms with van der Waals surface area (Å²) in [6.45, 7) is 5.74. The first kappa shape index (κ1) is 24.2. The number of para-hydroxylation sites is 1. The molecular weight excluding hydrogens is 446 g/mol. The van der Waals surface area contributed by atoms with Gasteiger partial charge in [-0.2, -0.15) is 0 Å². The smallest absolute Gasteiger partial charge is 0.339 e. The SMILES string of the molecule is COC(=O)c1ccccc1NC(=O)CSc1nc(C(C)(C)C)nc2c1c(=O)n(C)c(=O)n2C. The molecule has 1 amide bonds. The van der Waals surface area contributed by atoms with Crippen molar-refractivity contribution in [2.24, 2.45) is 14.1 Å². The molecule has 0 atom stereocenters. The van der Waals surface area contributed by atoms with E-state index in [0.29, 0.717) is 16.5 Å². The first-order valence-corrected chi connectivity index (χ1v) is 11.0. The summed E-state index contributed by atoms with van der Waals surface area (Å²) in [5.74, 6) is -0.615. The van der Waals surface area contributed by atoms with E-state index in [1.54, 1.807) is 24.3 Å². The Kier molecular flexibility index (Phi) is 6.73. The van der Waals surface area contributed by atoms with Crippen molar-refractivity contribution in [1.29, 1.82) is 0 Å². The Labute approximate surface area is 194 Å². The largest absolute Gasteiger partial charge is 0.465 e. The van der Waals surface area contributed by atoms with Gasteiger partial charge in [-0.1, -0.05) is 44.7 Å². The van der Waals surface area contributed by atoms with Gasteiger partial charge in [-0.15, -0.1) is 0 Å². The highest BCUT2D eigenvalue weighted by Gasteiger charge is 2.24. The lowest BCUT2D eigenvalue weighted by Crippen LogP contribution is -2.38. The number of fused-ring (bicyclic) bond motifs is 1. The third-order valence-corrected chi connectivity index (χ3v) is 5.86. The summed E-state index contributed by atoms with van der Waals surface area (Å²) in [5.41, 5.74) is -0.739. The lowest BCUT2D eigenvalue weighted by molar-refractivity contribution is -0.113. The summed E-state index contributed by atoms with van der Waals surface area (Å²) >= 11 is 1.06. The maximum Gasteiger partial charge on any atom is 0.339 e. The minimum atomic E-state index is -0.570. The zero-order valence-electron chi connectivity index (χ0n) is 19.3. The number of aromatic nitrogens is 4. The number of aryl methyl sites for hydroxylation is 1. The van der Waals surface area contributed by atoms with Crippen LogP contribution in [0.5, 0.6) is 0 Å². The second-order valence-corrected chi connectivity index (χ2v) is 9.34. The first-order valence-electron chi connectivity index (χ1n) is 10.0. The summed E-state index contributed by atoms with van der Waals surface area (Å²) in [5, 5.41) is 3.16. The number of amides is 1. The second-order valence-electron chi connectivity index (χ2n) is 8.38. The summed E-state index contributed by atoms with van der Waals surface area (Å²) in [6, 6.07) is 6.50. The third kappa shape index (κ3) is 4.82. The van der Waals surface area contributed by atoms with E-state index in [1.165, 1.54) is 25.8 Å². The molecule has 0 bridgehead atoms. The van der Waals surface area contributed by atoms with Crippen molar-refractivity contribution in [1.82, 2.24) is 19.1 Å². The molecule has 0 saturated carbocycles. The molecule has 0 aliphatic carbocycles. The molecule has 0 spiro atoms. The number of anilines is 1. The number of nitrogens with zero attached hydrogens (tertiary/aromatic N) is 4. The van der Waals surface area contributed by atoms with E-state index in [2.05, 4.69) is 15.3 Å². The number of nitrogens with one attached hydrogen (secondary N) is 1. The number of hydrogen-bond acceptors (Lipinski definition) is 8. The van der Waals surface area contributed by atoms with Gasteiger partial charge < -0.3 is 10.1 Å². The lowest BCUT2D eigenvalue weighted by atomic mass is 9.96. The van der Waals surface area contributed by atoms with Crippen LogP contribution < -0.4 is 16.6 Å². The Balaban J connectivity index is 2.00. The highest BCUT2D eigenvalue weighted by Crippen LogP contribution is 2.27. The van der Waals surface area contributed by atoms with Crippen LogP contribution in [0.4, 0.5) is 5.69 Å². The van der Waals surface area contributed by atoms with Crippen LogP contribution in [0.2, 0.25) is 0 Å². The number of esters is 1. The topological polar surface area (TPSA) is 125 Å². The molecule has 33 heavy (non-hydrogen) atoms. The molecule has 0 unspecified atom stereocenters. The van der Waals surface area contributed by atoms with E-state index >= 15 is 0 Å². The number of carbonyl (C=O) groups is 2. The Bertz CT molecular complexity index is 1370. The number of hydrogen-bond donors (Lipinski definition) is 1. The second kappa shape index (κ2) is 9.18. The number of thioether (sulfide) groups is 1. The van der Waals surface area contributed by atoms with Crippen molar-refractivity contribution >= 4 is 40.4 Å². The maximum atomic E-state index is 12.9. The predicted molar refractivity (Wildman–Crippen MR) is 126 cm³/mol. The van der Waals surface area contributed by atoms with Crippen LogP contribution in [-0.2, 0) is 29.0 Å². The van der Waals surface area contributed by atoms with Crippen LogP contribution in [0.15, 0.2) is 38.9 Å². The standard InChI is InChI=1S/C22H25N5O5S/c1-22(2,3)20-24-16-15(18(29)27(5)21(31)26(16)4)17(25-20)33-11-14(28)23-13-10-8-7-9-12(13)19(30)32-6/h7-10H,11H2,1-6H3,(H,23,28). The third-order valence-electron chi connectivity index (χ3n) is 4.88. The fraction of sp³-hybridized carbons (Fsp3) is 0.364. The molecule has 0 aliphatic rings. The number of ether oxygens (including phenoxy) is 1. The lowest BCUT2D eigenvalue weighted by Gasteiger charge is -2.19. The van der Waals surface area contributed by atoms with E-state index in [1.807, 2.05) is 20.8 Å². The van der Waals surface area contributed by atoms with Crippen molar-refractivity contribution in [3.8, 4) is 0 Å². The van der Waals surface area contributed by atoms with Crippen LogP contribution in [0.25, 0.3) is 11.0 Å². The van der Waals surface area contributed by atoms with Crippen molar-refractivity contribution in [2.45, 2.75) is 31.2 Å².